The molecule has 2 N–H and O–H groups in total. The van der Waals surface area contributed by atoms with E-state index in [2.05, 4.69) is 36.1 Å². The van der Waals surface area contributed by atoms with Gasteiger partial charge in [-0.1, -0.05) is 0 Å². The van der Waals surface area contributed by atoms with Crippen LogP contribution in [0.3, 0.4) is 0 Å². The predicted octanol–water partition coefficient (Wildman–Crippen LogP) is 0.906. The fourth-order valence-corrected chi connectivity index (χ4v) is 3.02. The molecule has 1 saturated carbocycles. The highest BCUT2D eigenvalue weighted by Gasteiger charge is 2.32. The van der Waals surface area contributed by atoms with Gasteiger partial charge in [0.2, 0.25) is 0 Å². The highest BCUT2D eigenvalue weighted by atomic mass is 16.3. The number of likely N-dealkylation sites (N-methyl/N-ethyl adjacent to an activating group) is 2. The first-order valence-electron chi connectivity index (χ1n) is 7.80. The van der Waals surface area contributed by atoms with Crippen molar-refractivity contribution in [3.05, 3.63) is 0 Å². The molecular weight excluding hydrogens is 238 g/mol. The third-order valence-corrected chi connectivity index (χ3v) is 4.72. The number of nitrogens with one attached hydrogen (secondary N) is 1. The summed E-state index contributed by atoms with van der Waals surface area (Å²) in [5.74, 6) is 0. The summed E-state index contributed by atoms with van der Waals surface area (Å²) in [4.78, 5) is 4.91. The van der Waals surface area contributed by atoms with Crippen LogP contribution in [0.2, 0.25) is 0 Å². The molecule has 19 heavy (non-hydrogen) atoms. The number of hydrogen-bond donors (Lipinski definition) is 2. The molecule has 1 aliphatic heterocycles. The van der Waals surface area contributed by atoms with E-state index in [0.29, 0.717) is 12.1 Å². The minimum Gasteiger partial charge on any atom is -0.394 e. The van der Waals surface area contributed by atoms with Crippen molar-refractivity contribution in [2.24, 2.45) is 0 Å². The van der Waals surface area contributed by atoms with Crippen LogP contribution in [0.25, 0.3) is 0 Å². The Morgan fingerprint density at radius 3 is 2.68 bits per heavy atom. The number of nitrogens with zero attached hydrogens (tertiary/aromatic N) is 2. The molecule has 1 heterocycles. The van der Waals surface area contributed by atoms with Crippen LogP contribution in [0.4, 0.5) is 0 Å². The lowest BCUT2D eigenvalue weighted by Gasteiger charge is -2.38. The molecule has 0 aromatic rings. The molecule has 4 heteroatoms. The Morgan fingerprint density at radius 1 is 1.37 bits per heavy atom. The lowest BCUT2D eigenvalue weighted by atomic mass is 9.97. The Balaban J connectivity index is 1.75. The van der Waals surface area contributed by atoms with E-state index in [9.17, 15) is 5.11 Å². The lowest BCUT2D eigenvalue weighted by molar-refractivity contribution is 0.107. The summed E-state index contributed by atoms with van der Waals surface area (Å²) >= 11 is 0. The Kier molecular flexibility index (Phi) is 5.23. The third kappa shape index (κ3) is 4.71. The van der Waals surface area contributed by atoms with Crippen LogP contribution < -0.4 is 5.32 Å². The van der Waals surface area contributed by atoms with Crippen molar-refractivity contribution in [2.45, 2.75) is 56.7 Å². The lowest BCUT2D eigenvalue weighted by Crippen LogP contribution is -2.51. The van der Waals surface area contributed by atoms with E-state index in [-0.39, 0.29) is 12.1 Å². The first-order chi connectivity index (χ1) is 9.02. The number of aliphatic hydroxyl groups excluding tert-OH is 1. The smallest absolute Gasteiger partial charge is 0.0611 e. The van der Waals surface area contributed by atoms with E-state index < -0.39 is 0 Å². The number of rotatable bonds is 7. The van der Waals surface area contributed by atoms with E-state index in [4.69, 9.17) is 0 Å². The molecule has 2 rings (SSSR count). The average Bonchev–Trinajstić information content (AvgIpc) is 3.20. The molecule has 1 saturated heterocycles. The van der Waals surface area contributed by atoms with Crippen LogP contribution >= 0.6 is 0 Å². The van der Waals surface area contributed by atoms with Crippen molar-refractivity contribution >= 4 is 0 Å². The normalized spacial score (nSPS) is 28.6. The molecule has 0 aromatic heterocycles. The zero-order valence-corrected chi connectivity index (χ0v) is 12.9. The highest BCUT2D eigenvalue weighted by Crippen LogP contribution is 2.24. The average molecular weight is 269 g/mol. The number of piperidine rings is 1. The summed E-state index contributed by atoms with van der Waals surface area (Å²) in [5, 5.41) is 13.2. The standard InChI is InChI=1S/C15H31N3O/c1-15(12-19,16-13-6-7-13)8-10-18(3)14-5-4-9-17(2)11-14/h13-14,16,19H,4-12H2,1-3H3. The SMILES string of the molecule is CN1CCCC(N(C)CCC(C)(CO)NC2CC2)C1. The van der Waals surface area contributed by atoms with Gasteiger partial charge in [0, 0.05) is 30.7 Å². The maximum atomic E-state index is 9.64. The monoisotopic (exact) mass is 269 g/mol. The van der Waals surface area contributed by atoms with Gasteiger partial charge in [0.15, 0.2) is 0 Å². The zero-order chi connectivity index (χ0) is 13.9. The van der Waals surface area contributed by atoms with Crippen LogP contribution in [0.15, 0.2) is 0 Å². The van der Waals surface area contributed by atoms with Crippen LogP contribution in [-0.2, 0) is 0 Å². The molecular formula is C15H31N3O. The Bertz CT molecular complexity index is 283. The molecule has 1 aliphatic carbocycles. The van der Waals surface area contributed by atoms with E-state index in [1.165, 1.54) is 38.8 Å². The first-order valence-corrected chi connectivity index (χ1v) is 7.80. The molecule has 2 aliphatic rings. The Hall–Kier alpha value is -0.160. The van der Waals surface area contributed by atoms with Crippen LogP contribution in [-0.4, -0.2) is 72.9 Å². The van der Waals surface area contributed by atoms with E-state index >= 15 is 0 Å². The fraction of sp³-hybridized carbons (Fsp3) is 1.00. The van der Waals surface area contributed by atoms with Gasteiger partial charge in [0.25, 0.3) is 0 Å². The van der Waals surface area contributed by atoms with Gasteiger partial charge in [-0.15, -0.1) is 0 Å². The number of aliphatic hydroxyl groups is 1. The maximum absolute atomic E-state index is 9.64. The molecule has 0 aromatic carbocycles. The van der Waals surface area contributed by atoms with Gasteiger partial charge in [0.1, 0.15) is 0 Å². The van der Waals surface area contributed by atoms with E-state index in [1.54, 1.807) is 0 Å². The first kappa shape index (κ1) is 15.2. The topological polar surface area (TPSA) is 38.7 Å². The molecule has 4 nitrogen and oxygen atoms in total. The Morgan fingerprint density at radius 2 is 2.11 bits per heavy atom. The molecule has 0 spiro atoms. The minimum absolute atomic E-state index is 0.101. The maximum Gasteiger partial charge on any atom is 0.0611 e. The predicted molar refractivity (Wildman–Crippen MR) is 79.4 cm³/mol. The quantitative estimate of drug-likeness (QED) is 0.720. The van der Waals surface area contributed by atoms with Gasteiger partial charge in [0.05, 0.1) is 6.61 Å². The summed E-state index contributed by atoms with van der Waals surface area (Å²) in [6, 6.07) is 1.34. The van der Waals surface area contributed by atoms with Crippen LogP contribution in [0.1, 0.15) is 39.0 Å². The van der Waals surface area contributed by atoms with Crippen molar-refractivity contribution in [1.29, 1.82) is 0 Å². The second-order valence-corrected chi connectivity index (χ2v) is 6.93. The molecule has 2 atom stereocenters. The molecule has 112 valence electrons. The molecule has 0 amide bonds. The molecule has 0 radical (unpaired) electrons. The van der Waals surface area contributed by atoms with Gasteiger partial charge in [-0.25, -0.2) is 0 Å². The van der Waals surface area contributed by atoms with Gasteiger partial charge in [-0.05, 0) is 59.7 Å². The second kappa shape index (κ2) is 6.53. The molecule has 2 fully saturated rings. The summed E-state index contributed by atoms with van der Waals surface area (Å²) in [6.07, 6.45) is 6.20. The van der Waals surface area contributed by atoms with Crippen molar-refractivity contribution < 1.29 is 5.11 Å². The summed E-state index contributed by atoms with van der Waals surface area (Å²) < 4.78 is 0. The van der Waals surface area contributed by atoms with Gasteiger partial charge in [-0.2, -0.15) is 0 Å². The fourth-order valence-electron chi connectivity index (χ4n) is 3.02. The largest absolute Gasteiger partial charge is 0.394 e. The summed E-state index contributed by atoms with van der Waals surface area (Å²) in [6.45, 7) is 5.88. The van der Waals surface area contributed by atoms with Gasteiger partial charge >= 0.3 is 0 Å². The van der Waals surface area contributed by atoms with Crippen molar-refractivity contribution in [3.63, 3.8) is 0 Å². The van der Waals surface area contributed by atoms with Crippen LogP contribution in [0, 0.1) is 0 Å². The van der Waals surface area contributed by atoms with Crippen molar-refractivity contribution in [3.8, 4) is 0 Å². The van der Waals surface area contributed by atoms with Gasteiger partial charge in [-0.3, -0.25) is 0 Å². The highest BCUT2D eigenvalue weighted by molar-refractivity contribution is 4.93. The number of hydrogen-bond acceptors (Lipinski definition) is 4. The van der Waals surface area contributed by atoms with Crippen molar-refractivity contribution in [2.75, 3.05) is 40.3 Å². The summed E-state index contributed by atoms with van der Waals surface area (Å²) in [7, 11) is 4.45. The molecule has 2 unspecified atom stereocenters. The zero-order valence-electron chi connectivity index (χ0n) is 12.9. The third-order valence-electron chi connectivity index (χ3n) is 4.72. The van der Waals surface area contributed by atoms with Crippen LogP contribution in [0.5, 0.6) is 0 Å². The second-order valence-electron chi connectivity index (χ2n) is 6.93. The number of likely N-dealkylation sites (tertiary alicyclic amines) is 1. The molecule has 0 bridgehead atoms. The minimum atomic E-state index is -0.101. The van der Waals surface area contributed by atoms with E-state index in [1.807, 2.05) is 0 Å². The van der Waals surface area contributed by atoms with Gasteiger partial charge < -0.3 is 20.2 Å². The van der Waals surface area contributed by atoms with E-state index in [0.717, 1.165) is 13.0 Å². The summed E-state index contributed by atoms with van der Waals surface area (Å²) in [5.41, 5.74) is -0.101. The van der Waals surface area contributed by atoms with Crippen molar-refractivity contribution in [1.82, 2.24) is 15.1 Å². The Labute approximate surface area is 118 Å².